The van der Waals surface area contributed by atoms with E-state index in [-0.39, 0.29) is 0 Å². The Morgan fingerprint density at radius 2 is 2.36 bits per heavy atom. The summed E-state index contributed by atoms with van der Waals surface area (Å²) >= 11 is 0. The molecule has 2 heterocycles. The van der Waals surface area contributed by atoms with Crippen LogP contribution in [0.25, 0.3) is 0 Å². The summed E-state index contributed by atoms with van der Waals surface area (Å²) in [7, 11) is 0. The Bertz CT molecular complexity index is 192. The minimum absolute atomic E-state index is 0.638. The summed E-state index contributed by atoms with van der Waals surface area (Å²) in [5.41, 5.74) is 2.73. The van der Waals surface area contributed by atoms with Crippen LogP contribution in [0.5, 0.6) is 0 Å². The smallest absolute Gasteiger partial charge is 0.221 e. The lowest BCUT2D eigenvalue weighted by molar-refractivity contribution is -0.113. The van der Waals surface area contributed by atoms with Gasteiger partial charge in [0.2, 0.25) is 6.41 Å². The lowest BCUT2D eigenvalue weighted by Crippen LogP contribution is -2.43. The summed E-state index contributed by atoms with van der Waals surface area (Å²) in [5, 5.41) is 2.01. The number of piperidine rings is 1. The summed E-state index contributed by atoms with van der Waals surface area (Å²) in [6.45, 7) is 4.31. The number of amides is 1. The largest absolute Gasteiger partial charge is 0.299 e. The summed E-state index contributed by atoms with van der Waals surface area (Å²) in [6.07, 6.45) is 6.86. The molecule has 4 nitrogen and oxygen atoms in total. The molecule has 1 atom stereocenters. The van der Waals surface area contributed by atoms with E-state index in [2.05, 4.69) is 16.7 Å². The molecule has 0 aliphatic carbocycles. The second kappa shape index (κ2) is 4.75. The standard InChI is InChI=1S/C10H18N3O/c14-9-11-13-7-4-10(8-13)12-5-2-1-3-6-12/h2,9-10H,1,3-8H2,(H,11,14). The van der Waals surface area contributed by atoms with Gasteiger partial charge in [-0.15, -0.1) is 0 Å². The Morgan fingerprint density at radius 1 is 1.43 bits per heavy atom. The van der Waals surface area contributed by atoms with Crippen molar-refractivity contribution >= 4 is 6.41 Å². The Hall–Kier alpha value is -0.610. The summed E-state index contributed by atoms with van der Waals surface area (Å²) < 4.78 is 0. The maximum atomic E-state index is 10.3. The van der Waals surface area contributed by atoms with E-state index < -0.39 is 0 Å². The first kappa shape index (κ1) is 9.93. The molecule has 1 amide bonds. The average Bonchev–Trinajstić information content (AvgIpc) is 2.68. The van der Waals surface area contributed by atoms with Gasteiger partial charge in [0.05, 0.1) is 0 Å². The lowest BCUT2D eigenvalue weighted by atomic mass is 10.1. The van der Waals surface area contributed by atoms with Crippen LogP contribution in [0, 0.1) is 6.42 Å². The van der Waals surface area contributed by atoms with E-state index in [4.69, 9.17) is 0 Å². The van der Waals surface area contributed by atoms with Crippen LogP contribution in [0.15, 0.2) is 0 Å². The topological polar surface area (TPSA) is 35.6 Å². The van der Waals surface area contributed by atoms with Crippen molar-refractivity contribution in [3.05, 3.63) is 6.42 Å². The Balaban J connectivity index is 1.78. The van der Waals surface area contributed by atoms with Crippen molar-refractivity contribution in [1.82, 2.24) is 15.3 Å². The summed E-state index contributed by atoms with van der Waals surface area (Å²) in [5.74, 6) is 0. The van der Waals surface area contributed by atoms with Crippen molar-refractivity contribution in [3.8, 4) is 0 Å². The molecule has 1 unspecified atom stereocenters. The first-order valence-electron chi connectivity index (χ1n) is 5.40. The molecule has 0 aromatic heterocycles. The van der Waals surface area contributed by atoms with E-state index in [0.717, 1.165) is 26.0 Å². The fraction of sp³-hybridized carbons (Fsp3) is 0.800. The van der Waals surface area contributed by atoms with Gasteiger partial charge in [-0.3, -0.25) is 15.1 Å². The van der Waals surface area contributed by atoms with Gasteiger partial charge >= 0.3 is 0 Å². The molecule has 1 N–H and O–H groups in total. The molecule has 0 saturated carbocycles. The zero-order chi connectivity index (χ0) is 9.80. The first-order chi connectivity index (χ1) is 6.90. The van der Waals surface area contributed by atoms with Gasteiger partial charge in [0.25, 0.3) is 0 Å². The monoisotopic (exact) mass is 196 g/mol. The van der Waals surface area contributed by atoms with Crippen LogP contribution >= 0.6 is 0 Å². The van der Waals surface area contributed by atoms with E-state index in [1.54, 1.807) is 0 Å². The molecule has 79 valence electrons. The SMILES string of the molecule is O=CNN1CCC(N2C[CH]CCC2)C1. The van der Waals surface area contributed by atoms with Crippen LogP contribution in [0.1, 0.15) is 19.3 Å². The van der Waals surface area contributed by atoms with Gasteiger partial charge in [-0.1, -0.05) is 0 Å². The number of likely N-dealkylation sites (tertiary alicyclic amines) is 1. The van der Waals surface area contributed by atoms with E-state index in [9.17, 15) is 4.79 Å². The molecule has 2 fully saturated rings. The van der Waals surface area contributed by atoms with Crippen LogP contribution in [-0.4, -0.2) is 48.5 Å². The molecule has 0 spiro atoms. The van der Waals surface area contributed by atoms with Gasteiger partial charge in [-0.05, 0) is 32.2 Å². The maximum absolute atomic E-state index is 10.3. The number of carbonyl (C=O) groups excluding carboxylic acids is 1. The zero-order valence-electron chi connectivity index (χ0n) is 8.48. The average molecular weight is 196 g/mol. The number of carbonyl (C=O) groups is 1. The number of nitrogens with one attached hydrogen (secondary N) is 1. The zero-order valence-corrected chi connectivity index (χ0v) is 8.48. The first-order valence-corrected chi connectivity index (χ1v) is 5.40. The van der Waals surface area contributed by atoms with Crippen molar-refractivity contribution in [2.45, 2.75) is 25.3 Å². The van der Waals surface area contributed by atoms with Crippen molar-refractivity contribution in [2.75, 3.05) is 26.2 Å². The molecule has 0 bridgehead atoms. The van der Waals surface area contributed by atoms with Crippen LogP contribution in [-0.2, 0) is 4.79 Å². The molecule has 2 aliphatic heterocycles. The van der Waals surface area contributed by atoms with E-state index in [0.29, 0.717) is 6.04 Å². The van der Waals surface area contributed by atoms with Crippen molar-refractivity contribution in [3.63, 3.8) is 0 Å². The lowest BCUT2D eigenvalue weighted by Gasteiger charge is -2.31. The third-order valence-electron chi connectivity index (χ3n) is 3.13. The van der Waals surface area contributed by atoms with Gasteiger partial charge in [-0.2, -0.15) is 0 Å². The van der Waals surface area contributed by atoms with Crippen LogP contribution < -0.4 is 5.43 Å². The fourth-order valence-electron chi connectivity index (χ4n) is 2.35. The van der Waals surface area contributed by atoms with Gasteiger partial charge in [0.1, 0.15) is 0 Å². The third kappa shape index (κ3) is 2.25. The molecule has 4 heteroatoms. The number of hydrogen-bond donors (Lipinski definition) is 1. The minimum atomic E-state index is 0.638. The van der Waals surface area contributed by atoms with Gasteiger partial charge in [-0.25, -0.2) is 5.01 Å². The molecule has 2 aliphatic rings. The molecule has 14 heavy (non-hydrogen) atoms. The highest BCUT2D eigenvalue weighted by Crippen LogP contribution is 2.18. The normalized spacial score (nSPS) is 30.4. The quantitative estimate of drug-likeness (QED) is 0.646. The second-order valence-corrected chi connectivity index (χ2v) is 4.06. The van der Waals surface area contributed by atoms with Crippen molar-refractivity contribution in [1.29, 1.82) is 0 Å². The van der Waals surface area contributed by atoms with Crippen LogP contribution in [0.4, 0.5) is 0 Å². The molecule has 1 radical (unpaired) electrons. The fourth-order valence-corrected chi connectivity index (χ4v) is 2.35. The molecular formula is C10H18N3O. The van der Waals surface area contributed by atoms with Crippen LogP contribution in [0.2, 0.25) is 0 Å². The molecule has 2 rings (SSSR count). The molecular weight excluding hydrogens is 178 g/mol. The predicted molar refractivity (Wildman–Crippen MR) is 54.3 cm³/mol. The van der Waals surface area contributed by atoms with Crippen molar-refractivity contribution in [2.24, 2.45) is 0 Å². The van der Waals surface area contributed by atoms with E-state index in [1.807, 2.05) is 5.01 Å². The number of rotatable bonds is 3. The highest BCUT2D eigenvalue weighted by molar-refractivity contribution is 5.45. The number of hydrogen-bond acceptors (Lipinski definition) is 3. The Kier molecular flexibility index (Phi) is 3.37. The number of hydrazine groups is 1. The Labute approximate surface area is 85.2 Å². The van der Waals surface area contributed by atoms with Gasteiger partial charge in [0, 0.05) is 25.7 Å². The highest BCUT2D eigenvalue weighted by Gasteiger charge is 2.28. The number of nitrogens with zero attached hydrogens (tertiary/aromatic N) is 2. The van der Waals surface area contributed by atoms with Crippen molar-refractivity contribution < 1.29 is 4.79 Å². The van der Waals surface area contributed by atoms with E-state index >= 15 is 0 Å². The van der Waals surface area contributed by atoms with Crippen LogP contribution in [0.3, 0.4) is 0 Å². The second-order valence-electron chi connectivity index (χ2n) is 4.06. The summed E-state index contributed by atoms with van der Waals surface area (Å²) in [6, 6.07) is 0.638. The summed E-state index contributed by atoms with van der Waals surface area (Å²) in [4.78, 5) is 12.8. The van der Waals surface area contributed by atoms with Gasteiger partial charge in [0.15, 0.2) is 0 Å². The minimum Gasteiger partial charge on any atom is -0.299 e. The maximum Gasteiger partial charge on any atom is 0.221 e. The highest BCUT2D eigenvalue weighted by atomic mass is 16.1. The molecule has 0 aromatic rings. The predicted octanol–water partition coefficient (Wildman–Crippen LogP) is 0.0218. The third-order valence-corrected chi connectivity index (χ3v) is 3.13. The molecule has 2 saturated heterocycles. The van der Waals surface area contributed by atoms with E-state index in [1.165, 1.54) is 25.8 Å². The van der Waals surface area contributed by atoms with Gasteiger partial charge < -0.3 is 0 Å². The molecule has 0 aromatic carbocycles. The Morgan fingerprint density at radius 3 is 3.07 bits per heavy atom.